The largest absolute Gasteiger partial charge is 0.351 e. The Labute approximate surface area is 141 Å². The van der Waals surface area contributed by atoms with Crippen molar-refractivity contribution >= 4 is 5.91 Å². The van der Waals surface area contributed by atoms with Gasteiger partial charge in [0.2, 0.25) is 5.91 Å². The molecule has 1 aliphatic carbocycles. The molecule has 2 rings (SSSR count). The highest BCUT2D eigenvalue weighted by Crippen LogP contribution is 2.28. The maximum absolute atomic E-state index is 12.1. The quantitative estimate of drug-likeness (QED) is 0.762. The third kappa shape index (κ3) is 5.98. The number of hydrogen-bond acceptors (Lipinski definition) is 2. The molecule has 0 aromatic heterocycles. The number of nitrogens with one attached hydrogen (secondary N) is 2. The summed E-state index contributed by atoms with van der Waals surface area (Å²) < 4.78 is 0. The minimum atomic E-state index is 0.102. The normalized spacial score (nSPS) is 17.0. The van der Waals surface area contributed by atoms with E-state index in [2.05, 4.69) is 36.6 Å². The van der Waals surface area contributed by atoms with E-state index >= 15 is 0 Å². The van der Waals surface area contributed by atoms with Crippen LogP contribution in [-0.2, 0) is 11.3 Å². The van der Waals surface area contributed by atoms with Gasteiger partial charge in [-0.05, 0) is 43.2 Å². The number of carbonyl (C=O) groups excluding carboxylic acids is 1. The number of amides is 1. The molecular formula is C20H32N2O. The van der Waals surface area contributed by atoms with Gasteiger partial charge in [-0.1, -0.05) is 56.9 Å². The summed E-state index contributed by atoms with van der Waals surface area (Å²) in [6, 6.07) is 8.71. The van der Waals surface area contributed by atoms with Gasteiger partial charge in [0.1, 0.15) is 0 Å². The second kappa shape index (κ2) is 9.71. The van der Waals surface area contributed by atoms with E-state index in [0.29, 0.717) is 19.1 Å². The van der Waals surface area contributed by atoms with Gasteiger partial charge in [0, 0.05) is 12.6 Å². The molecule has 1 fully saturated rings. The van der Waals surface area contributed by atoms with Gasteiger partial charge < -0.3 is 10.6 Å². The van der Waals surface area contributed by atoms with Crippen LogP contribution in [0.4, 0.5) is 0 Å². The summed E-state index contributed by atoms with van der Waals surface area (Å²) in [5.74, 6) is 0.859. The second-order valence-electron chi connectivity index (χ2n) is 6.88. The van der Waals surface area contributed by atoms with Gasteiger partial charge in [-0.3, -0.25) is 4.79 Å². The maximum Gasteiger partial charge on any atom is 0.234 e. The lowest BCUT2D eigenvalue weighted by Crippen LogP contribution is -2.43. The number of rotatable bonds is 8. The first-order chi connectivity index (χ1) is 11.2. The van der Waals surface area contributed by atoms with E-state index in [4.69, 9.17) is 0 Å². The highest BCUT2D eigenvalue weighted by Gasteiger charge is 2.23. The fourth-order valence-corrected chi connectivity index (χ4v) is 3.64. The molecule has 1 aliphatic rings. The highest BCUT2D eigenvalue weighted by atomic mass is 16.1. The summed E-state index contributed by atoms with van der Waals surface area (Å²) in [6.07, 6.45) is 9.09. The van der Waals surface area contributed by atoms with Crippen LogP contribution < -0.4 is 10.6 Å². The fourth-order valence-electron chi connectivity index (χ4n) is 3.64. The Kier molecular flexibility index (Phi) is 7.60. The van der Waals surface area contributed by atoms with Gasteiger partial charge in [-0.2, -0.15) is 0 Å². The lowest BCUT2D eigenvalue weighted by molar-refractivity contribution is -0.120. The average molecular weight is 316 g/mol. The Hall–Kier alpha value is -1.35. The van der Waals surface area contributed by atoms with Crippen molar-refractivity contribution in [1.29, 1.82) is 0 Å². The van der Waals surface area contributed by atoms with Crippen LogP contribution in [0.5, 0.6) is 0 Å². The Morgan fingerprint density at radius 2 is 1.96 bits per heavy atom. The Bertz CT molecular complexity index is 480. The molecule has 1 saturated carbocycles. The van der Waals surface area contributed by atoms with Crippen molar-refractivity contribution in [3.05, 3.63) is 35.4 Å². The lowest BCUT2D eigenvalue weighted by atomic mass is 9.82. The number of hydrogen-bond donors (Lipinski definition) is 2. The van der Waals surface area contributed by atoms with Crippen molar-refractivity contribution in [3.8, 4) is 0 Å². The summed E-state index contributed by atoms with van der Waals surface area (Å²) in [5, 5.41) is 6.57. The first-order valence-electron chi connectivity index (χ1n) is 9.25. The second-order valence-corrected chi connectivity index (χ2v) is 6.88. The molecule has 3 heteroatoms. The predicted molar refractivity (Wildman–Crippen MR) is 96.3 cm³/mol. The van der Waals surface area contributed by atoms with E-state index in [1.165, 1.54) is 56.1 Å². The van der Waals surface area contributed by atoms with Gasteiger partial charge in [0.15, 0.2) is 0 Å². The molecular weight excluding hydrogens is 284 g/mol. The van der Waals surface area contributed by atoms with Crippen LogP contribution in [0.25, 0.3) is 0 Å². The molecule has 1 atom stereocenters. The van der Waals surface area contributed by atoms with Crippen LogP contribution in [0.2, 0.25) is 0 Å². The molecule has 3 nitrogen and oxygen atoms in total. The van der Waals surface area contributed by atoms with Crippen molar-refractivity contribution in [3.63, 3.8) is 0 Å². The van der Waals surface area contributed by atoms with E-state index < -0.39 is 0 Å². The van der Waals surface area contributed by atoms with Gasteiger partial charge >= 0.3 is 0 Å². The third-order valence-corrected chi connectivity index (χ3v) is 5.08. The van der Waals surface area contributed by atoms with Crippen molar-refractivity contribution in [2.24, 2.45) is 5.92 Å². The summed E-state index contributed by atoms with van der Waals surface area (Å²) in [6.45, 7) is 5.37. The van der Waals surface area contributed by atoms with E-state index in [0.717, 1.165) is 5.92 Å². The molecule has 1 amide bonds. The minimum Gasteiger partial charge on any atom is -0.351 e. The van der Waals surface area contributed by atoms with Crippen LogP contribution in [0.1, 0.15) is 63.0 Å². The zero-order chi connectivity index (χ0) is 16.5. The zero-order valence-electron chi connectivity index (χ0n) is 14.7. The first-order valence-corrected chi connectivity index (χ1v) is 9.25. The van der Waals surface area contributed by atoms with E-state index in [-0.39, 0.29) is 5.91 Å². The Balaban J connectivity index is 1.76. The molecule has 23 heavy (non-hydrogen) atoms. The summed E-state index contributed by atoms with van der Waals surface area (Å²) in [4.78, 5) is 12.1. The number of carbonyl (C=O) groups is 1. The molecule has 0 aliphatic heterocycles. The zero-order valence-corrected chi connectivity index (χ0v) is 14.7. The third-order valence-electron chi connectivity index (χ3n) is 5.08. The van der Waals surface area contributed by atoms with Gasteiger partial charge in [0.05, 0.1) is 6.54 Å². The molecule has 0 spiro atoms. The molecule has 128 valence electrons. The van der Waals surface area contributed by atoms with Crippen LogP contribution in [0, 0.1) is 12.8 Å². The molecule has 1 unspecified atom stereocenters. The molecule has 1 aromatic carbocycles. The number of aryl methyl sites for hydroxylation is 1. The standard InChI is InChI=1S/C20H32N2O/c1-3-9-19(17-11-5-4-6-12-17)21-15-20(23)22-14-18-13-8-7-10-16(18)2/h7-8,10,13,17,19,21H,3-6,9,11-12,14-15H2,1-2H3,(H,22,23). The molecule has 2 N–H and O–H groups in total. The van der Waals surface area contributed by atoms with Crippen LogP contribution in [-0.4, -0.2) is 18.5 Å². The highest BCUT2D eigenvalue weighted by molar-refractivity contribution is 5.78. The summed E-state index contributed by atoms with van der Waals surface area (Å²) >= 11 is 0. The van der Waals surface area contributed by atoms with Crippen molar-refractivity contribution in [2.45, 2.75) is 71.4 Å². The van der Waals surface area contributed by atoms with Crippen LogP contribution in [0.3, 0.4) is 0 Å². The van der Waals surface area contributed by atoms with Crippen LogP contribution >= 0.6 is 0 Å². The van der Waals surface area contributed by atoms with Crippen LogP contribution in [0.15, 0.2) is 24.3 Å². The Morgan fingerprint density at radius 3 is 2.65 bits per heavy atom. The number of benzene rings is 1. The molecule has 1 aromatic rings. The van der Waals surface area contributed by atoms with Crippen molar-refractivity contribution in [1.82, 2.24) is 10.6 Å². The van der Waals surface area contributed by atoms with Crippen molar-refractivity contribution < 1.29 is 4.79 Å². The van der Waals surface area contributed by atoms with Crippen molar-refractivity contribution in [2.75, 3.05) is 6.54 Å². The molecule has 0 heterocycles. The SMILES string of the molecule is CCCC(NCC(=O)NCc1ccccc1C)C1CCCCC1. The van der Waals surface area contributed by atoms with E-state index in [9.17, 15) is 4.79 Å². The lowest BCUT2D eigenvalue weighted by Gasteiger charge is -2.31. The Morgan fingerprint density at radius 1 is 1.22 bits per heavy atom. The first kappa shape index (κ1) is 18.0. The average Bonchev–Trinajstić information content (AvgIpc) is 2.58. The topological polar surface area (TPSA) is 41.1 Å². The van der Waals surface area contributed by atoms with Gasteiger partial charge in [-0.15, -0.1) is 0 Å². The van der Waals surface area contributed by atoms with E-state index in [1.807, 2.05) is 12.1 Å². The monoisotopic (exact) mass is 316 g/mol. The minimum absolute atomic E-state index is 0.102. The van der Waals surface area contributed by atoms with Gasteiger partial charge in [-0.25, -0.2) is 0 Å². The summed E-state index contributed by atoms with van der Waals surface area (Å²) in [5.41, 5.74) is 2.42. The predicted octanol–water partition coefficient (Wildman–Crippen LogP) is 3.95. The molecule has 0 radical (unpaired) electrons. The van der Waals surface area contributed by atoms with E-state index in [1.54, 1.807) is 0 Å². The maximum atomic E-state index is 12.1. The van der Waals surface area contributed by atoms with Gasteiger partial charge in [0.25, 0.3) is 0 Å². The molecule has 0 saturated heterocycles. The smallest absolute Gasteiger partial charge is 0.234 e. The summed E-state index contributed by atoms with van der Waals surface area (Å²) in [7, 11) is 0. The fraction of sp³-hybridized carbons (Fsp3) is 0.650. The molecule has 0 bridgehead atoms.